The summed E-state index contributed by atoms with van der Waals surface area (Å²) in [6, 6.07) is 11.8. The third-order valence-corrected chi connectivity index (χ3v) is 3.96. The van der Waals surface area contributed by atoms with Gasteiger partial charge in [0.25, 0.3) is 0 Å². The molecule has 0 saturated heterocycles. The molecule has 2 rings (SSSR count). The molecular weight excluding hydrogens is 312 g/mol. The summed E-state index contributed by atoms with van der Waals surface area (Å²) >= 11 is 9.60. The predicted octanol–water partition coefficient (Wildman–Crippen LogP) is 4.76. The van der Waals surface area contributed by atoms with Crippen molar-refractivity contribution in [3.8, 4) is 0 Å². The van der Waals surface area contributed by atoms with Gasteiger partial charge < -0.3 is 10.6 Å². The number of halogens is 2. The summed E-state index contributed by atoms with van der Waals surface area (Å²) in [5.74, 6) is 0. The molecule has 0 bridgehead atoms. The molecule has 0 fully saturated rings. The van der Waals surface area contributed by atoms with E-state index in [0.29, 0.717) is 10.7 Å². The van der Waals surface area contributed by atoms with E-state index in [1.165, 1.54) is 0 Å². The highest BCUT2D eigenvalue weighted by atomic mass is 79.9. The molecule has 18 heavy (non-hydrogen) atoms. The second kappa shape index (κ2) is 5.21. The highest BCUT2D eigenvalue weighted by Gasteiger charge is 2.11. The first kappa shape index (κ1) is 13.2. The number of rotatable bonds is 2. The molecule has 2 N–H and O–H groups in total. The van der Waals surface area contributed by atoms with Gasteiger partial charge >= 0.3 is 0 Å². The van der Waals surface area contributed by atoms with E-state index >= 15 is 0 Å². The number of nitrogens with two attached hydrogens (primary N) is 1. The number of hydrogen-bond acceptors (Lipinski definition) is 2. The van der Waals surface area contributed by atoms with E-state index in [1.54, 1.807) is 6.07 Å². The first-order valence-corrected chi connectivity index (χ1v) is 6.71. The molecule has 0 atom stereocenters. The van der Waals surface area contributed by atoms with Crippen LogP contribution in [-0.4, -0.2) is 7.05 Å². The van der Waals surface area contributed by atoms with Crippen molar-refractivity contribution < 1.29 is 0 Å². The standard InChI is InChI=1S/C14H14BrClN2/c1-9-7-14(12(17)8-11(9)16)18(2)13-6-4-3-5-10(13)15/h3-8H,17H2,1-2H3. The van der Waals surface area contributed by atoms with Crippen LogP contribution >= 0.6 is 27.5 Å². The van der Waals surface area contributed by atoms with Crippen molar-refractivity contribution in [3.05, 3.63) is 51.5 Å². The van der Waals surface area contributed by atoms with Crippen LogP contribution in [0.15, 0.2) is 40.9 Å². The van der Waals surface area contributed by atoms with Crippen molar-refractivity contribution in [2.45, 2.75) is 6.92 Å². The Bertz CT molecular complexity index is 584. The van der Waals surface area contributed by atoms with Crippen LogP contribution in [0, 0.1) is 6.92 Å². The van der Waals surface area contributed by atoms with Crippen LogP contribution in [-0.2, 0) is 0 Å². The van der Waals surface area contributed by atoms with Gasteiger partial charge in [0.2, 0.25) is 0 Å². The summed E-state index contributed by atoms with van der Waals surface area (Å²) in [6.07, 6.45) is 0. The van der Waals surface area contributed by atoms with Gasteiger partial charge in [-0.2, -0.15) is 0 Å². The van der Waals surface area contributed by atoms with Crippen LogP contribution in [0.2, 0.25) is 5.02 Å². The molecule has 94 valence electrons. The predicted molar refractivity (Wildman–Crippen MR) is 82.8 cm³/mol. The molecule has 4 heteroatoms. The van der Waals surface area contributed by atoms with Crippen molar-refractivity contribution in [1.82, 2.24) is 0 Å². The molecule has 0 aliphatic heterocycles. The minimum absolute atomic E-state index is 0.670. The van der Waals surface area contributed by atoms with Gasteiger partial charge in [-0.05, 0) is 52.7 Å². The number of nitrogen functional groups attached to an aromatic ring is 1. The maximum atomic E-state index is 6.06. The monoisotopic (exact) mass is 324 g/mol. The third kappa shape index (κ3) is 2.47. The summed E-state index contributed by atoms with van der Waals surface area (Å²) in [4.78, 5) is 2.04. The van der Waals surface area contributed by atoms with E-state index in [1.807, 2.05) is 49.2 Å². The van der Waals surface area contributed by atoms with Gasteiger partial charge in [-0.1, -0.05) is 23.7 Å². The van der Waals surface area contributed by atoms with E-state index in [0.717, 1.165) is 21.4 Å². The molecule has 0 spiro atoms. The molecule has 0 aliphatic rings. The van der Waals surface area contributed by atoms with Gasteiger partial charge in [-0.15, -0.1) is 0 Å². The molecule has 0 heterocycles. The zero-order chi connectivity index (χ0) is 13.3. The fraction of sp³-hybridized carbons (Fsp3) is 0.143. The van der Waals surface area contributed by atoms with Crippen molar-refractivity contribution in [2.24, 2.45) is 0 Å². The Hall–Kier alpha value is -1.19. The second-order valence-corrected chi connectivity index (χ2v) is 5.43. The fourth-order valence-electron chi connectivity index (χ4n) is 1.83. The lowest BCUT2D eigenvalue weighted by atomic mass is 10.1. The largest absolute Gasteiger partial charge is 0.397 e. The number of anilines is 3. The van der Waals surface area contributed by atoms with Gasteiger partial charge in [-0.3, -0.25) is 0 Å². The van der Waals surface area contributed by atoms with Crippen LogP contribution < -0.4 is 10.6 Å². The van der Waals surface area contributed by atoms with E-state index in [4.69, 9.17) is 17.3 Å². The molecule has 0 amide bonds. The molecular formula is C14H14BrClN2. The maximum absolute atomic E-state index is 6.06. The summed E-state index contributed by atoms with van der Waals surface area (Å²) in [7, 11) is 1.99. The lowest BCUT2D eigenvalue weighted by molar-refractivity contribution is 1.20. The smallest absolute Gasteiger partial charge is 0.0645 e. The lowest BCUT2D eigenvalue weighted by Crippen LogP contribution is -2.12. The zero-order valence-electron chi connectivity index (χ0n) is 10.2. The summed E-state index contributed by atoms with van der Waals surface area (Å²) in [6.45, 7) is 1.97. The highest BCUT2D eigenvalue weighted by Crippen LogP contribution is 2.36. The number of hydrogen-bond donors (Lipinski definition) is 1. The van der Waals surface area contributed by atoms with E-state index in [-0.39, 0.29) is 0 Å². The van der Waals surface area contributed by atoms with E-state index in [2.05, 4.69) is 15.9 Å². The Morgan fingerprint density at radius 1 is 1.17 bits per heavy atom. The van der Waals surface area contributed by atoms with Gasteiger partial charge in [0, 0.05) is 16.5 Å². The molecule has 0 saturated carbocycles. The molecule has 0 aromatic heterocycles. The minimum atomic E-state index is 0.670. The summed E-state index contributed by atoms with van der Waals surface area (Å²) < 4.78 is 1.03. The fourth-order valence-corrected chi connectivity index (χ4v) is 2.55. The minimum Gasteiger partial charge on any atom is -0.397 e. The first-order valence-electron chi connectivity index (χ1n) is 5.54. The van der Waals surface area contributed by atoms with Crippen LogP contribution in [0.25, 0.3) is 0 Å². The maximum Gasteiger partial charge on any atom is 0.0645 e. The van der Waals surface area contributed by atoms with Crippen molar-refractivity contribution in [3.63, 3.8) is 0 Å². The Labute approximate surface area is 120 Å². The normalized spacial score (nSPS) is 10.4. The van der Waals surface area contributed by atoms with Gasteiger partial charge in [0.15, 0.2) is 0 Å². The summed E-state index contributed by atoms with van der Waals surface area (Å²) in [5, 5.41) is 0.691. The first-order chi connectivity index (χ1) is 8.50. The molecule has 0 radical (unpaired) electrons. The number of aryl methyl sites for hydroxylation is 1. The molecule has 2 aromatic carbocycles. The van der Waals surface area contributed by atoms with Crippen LogP contribution in [0.4, 0.5) is 17.1 Å². The SMILES string of the molecule is Cc1cc(N(C)c2ccccc2Br)c(N)cc1Cl. The number of para-hydroxylation sites is 1. The van der Waals surface area contributed by atoms with Crippen molar-refractivity contribution >= 4 is 44.6 Å². The lowest BCUT2D eigenvalue weighted by Gasteiger charge is -2.23. The average molecular weight is 326 g/mol. The van der Waals surface area contributed by atoms with Gasteiger partial charge in [0.05, 0.1) is 17.1 Å². The van der Waals surface area contributed by atoms with Crippen LogP contribution in [0.1, 0.15) is 5.56 Å². The second-order valence-electron chi connectivity index (χ2n) is 4.17. The summed E-state index contributed by atoms with van der Waals surface area (Å²) in [5.41, 5.74) is 9.73. The Morgan fingerprint density at radius 2 is 1.83 bits per heavy atom. The van der Waals surface area contributed by atoms with E-state index in [9.17, 15) is 0 Å². The molecule has 0 aliphatic carbocycles. The Balaban J connectivity index is 2.50. The number of benzene rings is 2. The molecule has 2 aromatic rings. The van der Waals surface area contributed by atoms with Crippen LogP contribution in [0.3, 0.4) is 0 Å². The Morgan fingerprint density at radius 3 is 2.50 bits per heavy atom. The quantitative estimate of drug-likeness (QED) is 0.807. The molecule has 0 unspecified atom stereocenters. The van der Waals surface area contributed by atoms with Crippen LogP contribution in [0.5, 0.6) is 0 Å². The van der Waals surface area contributed by atoms with Crippen molar-refractivity contribution in [2.75, 3.05) is 17.7 Å². The zero-order valence-corrected chi connectivity index (χ0v) is 12.6. The average Bonchev–Trinajstić information content (AvgIpc) is 2.33. The van der Waals surface area contributed by atoms with Crippen molar-refractivity contribution in [1.29, 1.82) is 0 Å². The number of nitrogens with zero attached hydrogens (tertiary/aromatic N) is 1. The third-order valence-electron chi connectivity index (χ3n) is 2.88. The highest BCUT2D eigenvalue weighted by molar-refractivity contribution is 9.10. The van der Waals surface area contributed by atoms with E-state index < -0.39 is 0 Å². The van der Waals surface area contributed by atoms with Gasteiger partial charge in [0.1, 0.15) is 0 Å². The van der Waals surface area contributed by atoms with Gasteiger partial charge in [-0.25, -0.2) is 0 Å². The topological polar surface area (TPSA) is 29.3 Å². The Kier molecular flexibility index (Phi) is 3.83. The molecule has 2 nitrogen and oxygen atoms in total.